The number of hydrogen-bond donors (Lipinski definition) is 1. The van der Waals surface area contributed by atoms with Crippen LogP contribution in [0.25, 0.3) is 0 Å². The standard InChI is InChI=1S/C16H18ClN3O/c1-4-5-13-8-12(9-14(17)19-13)16(21)20-15-7-10(2)6-11(3)18-15/h6-9H,4-5H2,1-3H3,(H,18,20,21). The van der Waals surface area contributed by atoms with E-state index in [-0.39, 0.29) is 5.91 Å². The first-order valence-electron chi connectivity index (χ1n) is 6.91. The lowest BCUT2D eigenvalue weighted by Gasteiger charge is -2.08. The quantitative estimate of drug-likeness (QED) is 0.870. The SMILES string of the molecule is CCCc1cc(C(=O)Nc2cc(C)cc(C)n2)cc(Cl)n1. The summed E-state index contributed by atoms with van der Waals surface area (Å²) in [6, 6.07) is 7.13. The summed E-state index contributed by atoms with van der Waals surface area (Å²) in [6.45, 7) is 5.92. The molecule has 0 saturated heterocycles. The number of nitrogens with one attached hydrogen (secondary N) is 1. The van der Waals surface area contributed by atoms with E-state index >= 15 is 0 Å². The van der Waals surface area contributed by atoms with E-state index in [0.717, 1.165) is 29.8 Å². The van der Waals surface area contributed by atoms with Gasteiger partial charge in [0.1, 0.15) is 11.0 Å². The molecule has 0 radical (unpaired) electrons. The third kappa shape index (κ3) is 4.26. The van der Waals surface area contributed by atoms with Gasteiger partial charge in [-0.1, -0.05) is 24.9 Å². The molecular weight excluding hydrogens is 286 g/mol. The number of aromatic nitrogens is 2. The highest BCUT2D eigenvalue weighted by Crippen LogP contribution is 2.15. The van der Waals surface area contributed by atoms with Gasteiger partial charge in [0.2, 0.25) is 0 Å². The van der Waals surface area contributed by atoms with Crippen LogP contribution in [-0.2, 0) is 6.42 Å². The number of rotatable bonds is 4. The van der Waals surface area contributed by atoms with Gasteiger partial charge in [0.15, 0.2) is 0 Å². The predicted octanol–water partition coefficient (Wildman–Crippen LogP) is 3.95. The first-order chi connectivity index (χ1) is 9.97. The zero-order valence-electron chi connectivity index (χ0n) is 12.4. The monoisotopic (exact) mass is 303 g/mol. The molecule has 5 heteroatoms. The van der Waals surface area contributed by atoms with Crippen LogP contribution in [0, 0.1) is 13.8 Å². The molecule has 0 spiro atoms. The molecule has 0 atom stereocenters. The number of carbonyl (C=O) groups excluding carboxylic acids is 1. The third-order valence-corrected chi connectivity index (χ3v) is 3.15. The Kier molecular flexibility index (Phi) is 4.91. The van der Waals surface area contributed by atoms with Crippen molar-refractivity contribution in [1.29, 1.82) is 0 Å². The Morgan fingerprint density at radius 1 is 1.19 bits per heavy atom. The molecule has 1 N–H and O–H groups in total. The molecule has 2 aromatic rings. The van der Waals surface area contributed by atoms with Crippen molar-refractivity contribution in [1.82, 2.24) is 9.97 Å². The van der Waals surface area contributed by atoms with E-state index in [1.54, 1.807) is 12.1 Å². The molecule has 0 aliphatic heterocycles. The lowest BCUT2D eigenvalue weighted by atomic mass is 10.1. The minimum atomic E-state index is -0.228. The maximum Gasteiger partial charge on any atom is 0.256 e. The van der Waals surface area contributed by atoms with Gasteiger partial charge in [-0.25, -0.2) is 9.97 Å². The minimum absolute atomic E-state index is 0.228. The topological polar surface area (TPSA) is 54.9 Å². The number of pyridine rings is 2. The van der Waals surface area contributed by atoms with E-state index < -0.39 is 0 Å². The molecule has 4 nitrogen and oxygen atoms in total. The number of halogens is 1. The molecule has 0 aliphatic rings. The Balaban J connectivity index is 2.23. The lowest BCUT2D eigenvalue weighted by molar-refractivity contribution is 0.102. The van der Waals surface area contributed by atoms with Gasteiger partial charge >= 0.3 is 0 Å². The highest BCUT2D eigenvalue weighted by molar-refractivity contribution is 6.29. The van der Waals surface area contributed by atoms with Crippen molar-refractivity contribution < 1.29 is 4.79 Å². The summed E-state index contributed by atoms with van der Waals surface area (Å²) in [5.74, 6) is 0.316. The lowest BCUT2D eigenvalue weighted by Crippen LogP contribution is -2.14. The van der Waals surface area contributed by atoms with E-state index in [0.29, 0.717) is 16.5 Å². The normalized spacial score (nSPS) is 10.5. The van der Waals surface area contributed by atoms with E-state index in [9.17, 15) is 4.79 Å². The summed E-state index contributed by atoms with van der Waals surface area (Å²) in [6.07, 6.45) is 1.75. The fraction of sp³-hybridized carbons (Fsp3) is 0.312. The largest absolute Gasteiger partial charge is 0.307 e. The van der Waals surface area contributed by atoms with Crippen LogP contribution in [0.15, 0.2) is 24.3 Å². The van der Waals surface area contributed by atoms with Crippen molar-refractivity contribution in [3.63, 3.8) is 0 Å². The molecule has 0 unspecified atom stereocenters. The Bertz CT molecular complexity index is 650. The van der Waals surface area contributed by atoms with Crippen LogP contribution in [0.5, 0.6) is 0 Å². The maximum absolute atomic E-state index is 12.3. The molecule has 0 saturated carbocycles. The number of carbonyl (C=O) groups is 1. The zero-order chi connectivity index (χ0) is 15.4. The van der Waals surface area contributed by atoms with Crippen molar-refractivity contribution in [2.45, 2.75) is 33.6 Å². The van der Waals surface area contributed by atoms with E-state index in [4.69, 9.17) is 11.6 Å². The number of anilines is 1. The first kappa shape index (κ1) is 15.4. The third-order valence-electron chi connectivity index (χ3n) is 2.95. The Morgan fingerprint density at radius 3 is 2.62 bits per heavy atom. The fourth-order valence-corrected chi connectivity index (χ4v) is 2.39. The van der Waals surface area contributed by atoms with Crippen molar-refractivity contribution in [2.24, 2.45) is 0 Å². The Hall–Kier alpha value is -1.94. The number of nitrogens with zero attached hydrogens (tertiary/aromatic N) is 2. The zero-order valence-corrected chi connectivity index (χ0v) is 13.2. The van der Waals surface area contributed by atoms with Gasteiger partial charge in [0.05, 0.1) is 0 Å². The molecule has 0 aromatic carbocycles. The van der Waals surface area contributed by atoms with Crippen molar-refractivity contribution in [2.75, 3.05) is 5.32 Å². The molecular formula is C16H18ClN3O. The van der Waals surface area contributed by atoms with Gasteiger partial charge < -0.3 is 5.32 Å². The van der Waals surface area contributed by atoms with Gasteiger partial charge in [-0.2, -0.15) is 0 Å². The summed E-state index contributed by atoms with van der Waals surface area (Å²) < 4.78 is 0. The second kappa shape index (κ2) is 6.68. The van der Waals surface area contributed by atoms with Crippen LogP contribution in [-0.4, -0.2) is 15.9 Å². The van der Waals surface area contributed by atoms with E-state index in [1.165, 1.54) is 0 Å². The van der Waals surface area contributed by atoms with Gasteiger partial charge in [-0.3, -0.25) is 4.79 Å². The predicted molar refractivity (Wildman–Crippen MR) is 84.9 cm³/mol. The van der Waals surface area contributed by atoms with E-state index in [1.807, 2.05) is 26.0 Å². The van der Waals surface area contributed by atoms with Gasteiger partial charge in [-0.15, -0.1) is 0 Å². The molecule has 2 heterocycles. The second-order valence-electron chi connectivity index (χ2n) is 5.05. The highest BCUT2D eigenvalue weighted by Gasteiger charge is 2.10. The minimum Gasteiger partial charge on any atom is -0.307 e. The van der Waals surface area contributed by atoms with E-state index in [2.05, 4.69) is 22.2 Å². The molecule has 0 aliphatic carbocycles. The molecule has 0 bridgehead atoms. The molecule has 21 heavy (non-hydrogen) atoms. The highest BCUT2D eigenvalue weighted by atomic mass is 35.5. The number of amides is 1. The summed E-state index contributed by atoms with van der Waals surface area (Å²) in [5, 5.41) is 3.13. The van der Waals surface area contributed by atoms with Crippen LogP contribution >= 0.6 is 11.6 Å². The summed E-state index contributed by atoms with van der Waals surface area (Å²) >= 11 is 5.98. The number of aryl methyl sites for hydroxylation is 3. The molecule has 2 aromatic heterocycles. The molecule has 110 valence electrons. The molecule has 1 amide bonds. The summed E-state index contributed by atoms with van der Waals surface area (Å²) in [7, 11) is 0. The summed E-state index contributed by atoms with van der Waals surface area (Å²) in [4.78, 5) is 20.8. The second-order valence-corrected chi connectivity index (χ2v) is 5.43. The fourth-order valence-electron chi connectivity index (χ4n) is 2.16. The van der Waals surface area contributed by atoms with Gasteiger partial charge in [0.25, 0.3) is 5.91 Å². The average Bonchev–Trinajstić information content (AvgIpc) is 2.37. The summed E-state index contributed by atoms with van der Waals surface area (Å²) in [5.41, 5.74) is 3.24. The van der Waals surface area contributed by atoms with Crippen LogP contribution in [0.1, 0.15) is 40.7 Å². The maximum atomic E-state index is 12.3. The van der Waals surface area contributed by atoms with Crippen molar-refractivity contribution >= 4 is 23.3 Å². The smallest absolute Gasteiger partial charge is 0.256 e. The van der Waals surface area contributed by atoms with Crippen LogP contribution in [0.4, 0.5) is 5.82 Å². The van der Waals surface area contributed by atoms with Crippen molar-refractivity contribution in [3.05, 3.63) is 51.9 Å². The van der Waals surface area contributed by atoms with Crippen LogP contribution in [0.3, 0.4) is 0 Å². The van der Waals surface area contributed by atoms with Crippen molar-refractivity contribution in [3.8, 4) is 0 Å². The Labute approximate surface area is 129 Å². The number of hydrogen-bond acceptors (Lipinski definition) is 3. The Morgan fingerprint density at radius 2 is 1.95 bits per heavy atom. The molecule has 2 rings (SSSR count). The van der Waals surface area contributed by atoms with Crippen LogP contribution in [0.2, 0.25) is 5.15 Å². The van der Waals surface area contributed by atoms with Crippen LogP contribution < -0.4 is 5.32 Å². The molecule has 0 fully saturated rings. The van der Waals surface area contributed by atoms with Gasteiger partial charge in [0, 0.05) is 17.0 Å². The average molecular weight is 304 g/mol. The van der Waals surface area contributed by atoms with Gasteiger partial charge in [-0.05, 0) is 50.1 Å². The first-order valence-corrected chi connectivity index (χ1v) is 7.29.